The third-order valence-electron chi connectivity index (χ3n) is 3.40. The number of nitrogens with one attached hydrogen (secondary N) is 1. The summed E-state index contributed by atoms with van der Waals surface area (Å²) in [5, 5.41) is 3.00. The Labute approximate surface area is 146 Å². The highest BCUT2D eigenvalue weighted by Crippen LogP contribution is 2.24. The number of benzene rings is 2. The van der Waals surface area contributed by atoms with E-state index in [0.717, 1.165) is 11.3 Å². The molecule has 0 saturated heterocycles. The average Bonchev–Trinajstić information content (AvgIpc) is 2.54. The molecule has 2 amide bonds. The van der Waals surface area contributed by atoms with Crippen LogP contribution in [0.25, 0.3) is 0 Å². The number of hydrogen-bond acceptors (Lipinski definition) is 2. The van der Waals surface area contributed by atoms with Crippen molar-refractivity contribution in [1.29, 1.82) is 0 Å². The Morgan fingerprint density at radius 1 is 1.29 bits per heavy atom. The lowest BCUT2D eigenvalue weighted by atomic mass is 10.2. The van der Waals surface area contributed by atoms with E-state index in [0.29, 0.717) is 18.8 Å². The summed E-state index contributed by atoms with van der Waals surface area (Å²) in [7, 11) is 0. The molecule has 0 radical (unpaired) electrons. The number of rotatable bonds is 6. The molecule has 0 bridgehead atoms. The molecule has 1 N–H and O–H groups in total. The van der Waals surface area contributed by atoms with E-state index in [4.69, 9.17) is 16.3 Å². The smallest absolute Gasteiger partial charge is 0.321 e. The van der Waals surface area contributed by atoms with Gasteiger partial charge in [-0.05, 0) is 49.7 Å². The van der Waals surface area contributed by atoms with Gasteiger partial charge < -0.3 is 10.1 Å². The number of urea groups is 1. The largest absolute Gasteiger partial charge is 0.490 e. The fourth-order valence-corrected chi connectivity index (χ4v) is 2.47. The van der Waals surface area contributed by atoms with Crippen molar-refractivity contribution in [2.75, 3.05) is 24.6 Å². The van der Waals surface area contributed by atoms with Gasteiger partial charge in [0.15, 0.2) is 0 Å². The first kappa shape index (κ1) is 18.1. The molecule has 2 aromatic carbocycles. The highest BCUT2D eigenvalue weighted by molar-refractivity contribution is 6.32. The molecule has 0 aliphatic heterocycles. The first-order valence-electron chi connectivity index (χ1n) is 7.71. The van der Waals surface area contributed by atoms with E-state index in [1.165, 1.54) is 18.2 Å². The summed E-state index contributed by atoms with van der Waals surface area (Å²) >= 11 is 5.88. The normalized spacial score (nSPS) is 10.3. The minimum Gasteiger partial charge on any atom is -0.490 e. The number of carbonyl (C=O) groups excluding carboxylic acids is 1. The van der Waals surface area contributed by atoms with Gasteiger partial charge in [-0.3, -0.25) is 4.90 Å². The Kier molecular flexibility index (Phi) is 6.44. The Bertz CT molecular complexity index is 709. The van der Waals surface area contributed by atoms with Crippen LogP contribution >= 0.6 is 11.6 Å². The molecule has 0 aliphatic carbocycles. The first-order valence-corrected chi connectivity index (χ1v) is 8.09. The molecule has 2 aromatic rings. The van der Waals surface area contributed by atoms with Crippen LogP contribution in [-0.4, -0.2) is 25.7 Å². The lowest BCUT2D eigenvalue weighted by Crippen LogP contribution is -2.41. The fraction of sp³-hybridized carbons (Fsp3) is 0.278. The van der Waals surface area contributed by atoms with Crippen LogP contribution in [0.15, 0.2) is 42.5 Å². The molecule has 6 heteroatoms. The van der Waals surface area contributed by atoms with Gasteiger partial charge in [0.25, 0.3) is 0 Å². The molecule has 2 rings (SSSR count). The highest BCUT2D eigenvalue weighted by atomic mass is 35.5. The Balaban J connectivity index is 1.85. The van der Waals surface area contributed by atoms with Crippen molar-refractivity contribution < 1.29 is 13.9 Å². The summed E-state index contributed by atoms with van der Waals surface area (Å²) in [6.07, 6.45) is 0. The van der Waals surface area contributed by atoms with E-state index in [-0.39, 0.29) is 17.7 Å². The summed E-state index contributed by atoms with van der Waals surface area (Å²) < 4.78 is 18.4. The van der Waals surface area contributed by atoms with Gasteiger partial charge in [0.2, 0.25) is 0 Å². The van der Waals surface area contributed by atoms with E-state index >= 15 is 0 Å². The van der Waals surface area contributed by atoms with E-state index < -0.39 is 5.82 Å². The third-order valence-corrected chi connectivity index (χ3v) is 3.70. The number of carbonyl (C=O) groups is 1. The van der Waals surface area contributed by atoms with Crippen LogP contribution in [0.1, 0.15) is 12.5 Å². The summed E-state index contributed by atoms with van der Waals surface area (Å²) in [4.78, 5) is 13.9. The topological polar surface area (TPSA) is 41.6 Å². The predicted octanol–water partition coefficient (Wildman–Crippen LogP) is 4.40. The molecular formula is C18H20ClFN2O2. The quantitative estimate of drug-likeness (QED) is 0.784. The van der Waals surface area contributed by atoms with Gasteiger partial charge in [-0.15, -0.1) is 0 Å². The van der Waals surface area contributed by atoms with Gasteiger partial charge in [-0.1, -0.05) is 23.7 Å². The van der Waals surface area contributed by atoms with E-state index in [9.17, 15) is 9.18 Å². The molecule has 0 atom stereocenters. The van der Waals surface area contributed by atoms with Crippen molar-refractivity contribution in [2.24, 2.45) is 0 Å². The number of hydrogen-bond donors (Lipinski definition) is 1. The maximum absolute atomic E-state index is 13.0. The number of amides is 2. The van der Waals surface area contributed by atoms with Crippen molar-refractivity contribution in [1.82, 2.24) is 5.32 Å². The molecule has 0 unspecified atom stereocenters. The Morgan fingerprint density at radius 3 is 2.75 bits per heavy atom. The SMILES string of the molecule is CCN(C(=O)NCCOc1ccc(F)cc1Cl)c1cccc(C)c1. The van der Waals surface area contributed by atoms with E-state index in [2.05, 4.69) is 5.32 Å². The minimum absolute atomic E-state index is 0.197. The van der Waals surface area contributed by atoms with Gasteiger partial charge in [0.1, 0.15) is 18.2 Å². The second kappa shape index (κ2) is 8.55. The van der Waals surface area contributed by atoms with Gasteiger partial charge >= 0.3 is 6.03 Å². The van der Waals surface area contributed by atoms with Crippen molar-refractivity contribution in [2.45, 2.75) is 13.8 Å². The van der Waals surface area contributed by atoms with Gasteiger partial charge in [-0.25, -0.2) is 9.18 Å². The molecule has 0 heterocycles. The van der Waals surface area contributed by atoms with Crippen LogP contribution in [0, 0.1) is 12.7 Å². The zero-order valence-electron chi connectivity index (χ0n) is 13.7. The molecule has 128 valence electrons. The second-order valence-corrected chi connectivity index (χ2v) is 5.65. The molecule has 0 saturated carbocycles. The van der Waals surface area contributed by atoms with Gasteiger partial charge in [0, 0.05) is 12.2 Å². The highest BCUT2D eigenvalue weighted by Gasteiger charge is 2.13. The molecule has 0 aromatic heterocycles. The maximum atomic E-state index is 13.0. The zero-order valence-corrected chi connectivity index (χ0v) is 14.4. The van der Waals surface area contributed by atoms with Crippen molar-refractivity contribution in [3.63, 3.8) is 0 Å². The van der Waals surface area contributed by atoms with Crippen LogP contribution in [0.2, 0.25) is 5.02 Å². The lowest BCUT2D eigenvalue weighted by molar-refractivity contribution is 0.242. The molecular weight excluding hydrogens is 331 g/mol. The van der Waals surface area contributed by atoms with E-state index in [1.54, 1.807) is 4.90 Å². The second-order valence-electron chi connectivity index (χ2n) is 5.24. The van der Waals surface area contributed by atoms with Gasteiger partial charge in [-0.2, -0.15) is 0 Å². The molecule has 0 fully saturated rings. The minimum atomic E-state index is -0.419. The number of anilines is 1. The van der Waals surface area contributed by atoms with Crippen LogP contribution in [-0.2, 0) is 0 Å². The lowest BCUT2D eigenvalue weighted by Gasteiger charge is -2.22. The number of nitrogens with zero attached hydrogens (tertiary/aromatic N) is 1. The Morgan fingerprint density at radius 2 is 2.08 bits per heavy atom. The van der Waals surface area contributed by atoms with Crippen LogP contribution in [0.5, 0.6) is 5.75 Å². The summed E-state index contributed by atoms with van der Waals surface area (Å²) in [5.74, 6) is -0.0317. The maximum Gasteiger partial charge on any atom is 0.321 e. The van der Waals surface area contributed by atoms with Crippen molar-refractivity contribution in [3.8, 4) is 5.75 Å². The molecule has 0 spiro atoms. The number of ether oxygens (including phenoxy) is 1. The number of halogens is 2. The van der Waals surface area contributed by atoms with Crippen molar-refractivity contribution >= 4 is 23.3 Å². The monoisotopic (exact) mass is 350 g/mol. The summed E-state index contributed by atoms with van der Waals surface area (Å²) in [6, 6.07) is 11.5. The van der Waals surface area contributed by atoms with Crippen molar-refractivity contribution in [3.05, 3.63) is 58.9 Å². The zero-order chi connectivity index (χ0) is 17.5. The Hall–Kier alpha value is -2.27. The average molecular weight is 351 g/mol. The van der Waals surface area contributed by atoms with Crippen LogP contribution in [0.4, 0.5) is 14.9 Å². The fourth-order valence-electron chi connectivity index (χ4n) is 2.25. The number of aryl methyl sites for hydroxylation is 1. The molecule has 4 nitrogen and oxygen atoms in total. The van der Waals surface area contributed by atoms with Gasteiger partial charge in [0.05, 0.1) is 11.6 Å². The summed E-state index contributed by atoms with van der Waals surface area (Å²) in [6.45, 7) is 5.00. The predicted molar refractivity (Wildman–Crippen MR) is 94.5 cm³/mol. The molecule has 24 heavy (non-hydrogen) atoms. The van der Waals surface area contributed by atoms with Crippen LogP contribution < -0.4 is 15.0 Å². The van der Waals surface area contributed by atoms with Crippen LogP contribution in [0.3, 0.4) is 0 Å². The van der Waals surface area contributed by atoms with E-state index in [1.807, 2.05) is 38.1 Å². The standard InChI is InChI=1S/C18H20ClFN2O2/c1-3-22(15-6-4-5-13(2)11-15)18(23)21-9-10-24-17-8-7-14(20)12-16(17)19/h4-8,11-12H,3,9-10H2,1-2H3,(H,21,23). The summed E-state index contributed by atoms with van der Waals surface area (Å²) in [5.41, 5.74) is 1.94. The third kappa shape index (κ3) is 4.86. The molecule has 0 aliphatic rings. The first-order chi connectivity index (χ1) is 11.5.